The van der Waals surface area contributed by atoms with E-state index in [9.17, 15) is 14.0 Å². The van der Waals surface area contributed by atoms with Gasteiger partial charge in [0.1, 0.15) is 0 Å². The van der Waals surface area contributed by atoms with Crippen molar-refractivity contribution in [1.29, 1.82) is 0 Å². The molecular formula is C13H11ClFN3O2. The standard InChI is InChI=1S/C13H11ClFN3O2/c1-4-6(2)7(3)18-11-8(12(19)17-13(18)20)5-9(15)10(14)16-11/h4-5H,3H2,1-2H3,(H,17,19,20)/b6-4-. The number of hydrogen-bond acceptors (Lipinski definition) is 3. The Balaban J connectivity index is 2.98. The molecule has 0 unspecified atom stereocenters. The summed E-state index contributed by atoms with van der Waals surface area (Å²) < 4.78 is 14.5. The van der Waals surface area contributed by atoms with Crippen LogP contribution in [-0.4, -0.2) is 14.5 Å². The van der Waals surface area contributed by atoms with E-state index in [-0.39, 0.29) is 11.0 Å². The Morgan fingerprint density at radius 1 is 1.55 bits per heavy atom. The van der Waals surface area contributed by atoms with E-state index in [0.29, 0.717) is 11.3 Å². The van der Waals surface area contributed by atoms with E-state index in [1.807, 2.05) is 0 Å². The third kappa shape index (κ3) is 2.18. The van der Waals surface area contributed by atoms with Crippen LogP contribution in [0.4, 0.5) is 4.39 Å². The first kappa shape index (κ1) is 14.2. The Labute approximate surface area is 118 Å². The lowest BCUT2D eigenvalue weighted by Crippen LogP contribution is -2.30. The van der Waals surface area contributed by atoms with Crippen molar-refractivity contribution in [2.45, 2.75) is 13.8 Å². The molecule has 0 radical (unpaired) electrons. The van der Waals surface area contributed by atoms with Crippen LogP contribution in [0.2, 0.25) is 5.15 Å². The normalized spacial score (nSPS) is 11.9. The second-order valence-corrected chi connectivity index (χ2v) is 4.50. The van der Waals surface area contributed by atoms with Crippen molar-refractivity contribution in [3.63, 3.8) is 0 Å². The van der Waals surface area contributed by atoms with E-state index < -0.39 is 22.2 Å². The molecule has 0 atom stereocenters. The summed E-state index contributed by atoms with van der Waals surface area (Å²) in [5.41, 5.74) is -0.424. The van der Waals surface area contributed by atoms with Gasteiger partial charge in [0.15, 0.2) is 16.6 Å². The van der Waals surface area contributed by atoms with E-state index in [1.54, 1.807) is 19.9 Å². The fourth-order valence-electron chi connectivity index (χ4n) is 1.70. The maximum Gasteiger partial charge on any atom is 0.334 e. The molecule has 7 heteroatoms. The predicted octanol–water partition coefficient (Wildman–Crippen LogP) is 2.31. The summed E-state index contributed by atoms with van der Waals surface area (Å²) in [4.78, 5) is 29.6. The second kappa shape index (κ2) is 5.05. The number of halogens is 2. The van der Waals surface area contributed by atoms with Gasteiger partial charge in [0.05, 0.1) is 5.39 Å². The van der Waals surface area contributed by atoms with Gasteiger partial charge < -0.3 is 0 Å². The average Bonchev–Trinajstić information content (AvgIpc) is 2.40. The maximum atomic E-state index is 13.4. The molecule has 0 aliphatic carbocycles. The van der Waals surface area contributed by atoms with E-state index in [1.165, 1.54) is 0 Å². The van der Waals surface area contributed by atoms with Crippen molar-refractivity contribution >= 4 is 28.3 Å². The predicted molar refractivity (Wildman–Crippen MR) is 76.4 cm³/mol. The summed E-state index contributed by atoms with van der Waals surface area (Å²) in [7, 11) is 0. The average molecular weight is 296 g/mol. The first-order chi connectivity index (χ1) is 9.36. The molecule has 20 heavy (non-hydrogen) atoms. The molecule has 2 aromatic rings. The lowest BCUT2D eigenvalue weighted by molar-refractivity contribution is 0.623. The van der Waals surface area contributed by atoms with Crippen molar-refractivity contribution in [3.8, 4) is 0 Å². The molecule has 2 rings (SSSR count). The minimum atomic E-state index is -0.830. The molecule has 0 amide bonds. The van der Waals surface area contributed by atoms with Crippen LogP contribution in [0.1, 0.15) is 13.8 Å². The number of hydrogen-bond donors (Lipinski definition) is 1. The van der Waals surface area contributed by atoms with Crippen LogP contribution < -0.4 is 11.2 Å². The van der Waals surface area contributed by atoms with Crippen molar-refractivity contribution in [1.82, 2.24) is 14.5 Å². The van der Waals surface area contributed by atoms with Gasteiger partial charge in [0.25, 0.3) is 5.56 Å². The highest BCUT2D eigenvalue weighted by Gasteiger charge is 2.15. The molecule has 0 aliphatic heterocycles. The van der Waals surface area contributed by atoms with Gasteiger partial charge in [-0.2, -0.15) is 0 Å². The Morgan fingerprint density at radius 3 is 2.80 bits per heavy atom. The fraction of sp³-hybridized carbons (Fsp3) is 0.154. The molecule has 2 heterocycles. The van der Waals surface area contributed by atoms with Gasteiger partial charge in [0.2, 0.25) is 0 Å². The minimum absolute atomic E-state index is 0.0312. The highest BCUT2D eigenvalue weighted by atomic mass is 35.5. The summed E-state index contributed by atoms with van der Waals surface area (Å²) in [6.07, 6.45) is 1.75. The Morgan fingerprint density at radius 2 is 2.20 bits per heavy atom. The van der Waals surface area contributed by atoms with Gasteiger partial charge in [-0.25, -0.2) is 18.7 Å². The third-order valence-corrected chi connectivity index (χ3v) is 3.22. The quantitative estimate of drug-likeness (QED) is 0.683. The first-order valence-corrected chi connectivity index (χ1v) is 6.08. The van der Waals surface area contributed by atoms with Crippen molar-refractivity contribution in [2.75, 3.05) is 0 Å². The molecule has 0 fully saturated rings. The minimum Gasteiger partial charge on any atom is -0.273 e. The van der Waals surface area contributed by atoms with Gasteiger partial charge in [0, 0.05) is 5.70 Å². The topological polar surface area (TPSA) is 67.8 Å². The van der Waals surface area contributed by atoms with Gasteiger partial charge >= 0.3 is 5.69 Å². The Kier molecular flexibility index (Phi) is 3.59. The number of nitrogens with zero attached hydrogens (tertiary/aromatic N) is 2. The monoisotopic (exact) mass is 295 g/mol. The van der Waals surface area contributed by atoms with E-state index in [0.717, 1.165) is 10.6 Å². The fourth-order valence-corrected chi connectivity index (χ4v) is 1.84. The molecule has 0 saturated heterocycles. The van der Waals surface area contributed by atoms with E-state index in [2.05, 4.69) is 16.5 Å². The number of allylic oxidation sites excluding steroid dienone is 3. The molecule has 0 aromatic carbocycles. The second-order valence-electron chi connectivity index (χ2n) is 4.15. The number of nitrogens with one attached hydrogen (secondary N) is 1. The number of H-pyrrole nitrogens is 1. The number of fused-ring (bicyclic) bond motifs is 1. The van der Waals surface area contributed by atoms with Crippen molar-refractivity contribution in [3.05, 3.63) is 56.1 Å². The van der Waals surface area contributed by atoms with Crippen molar-refractivity contribution in [2.24, 2.45) is 0 Å². The first-order valence-electron chi connectivity index (χ1n) is 5.70. The summed E-state index contributed by atoms with van der Waals surface area (Å²) in [6.45, 7) is 7.31. The number of aromatic nitrogens is 3. The van der Waals surface area contributed by atoms with Gasteiger partial charge in [-0.15, -0.1) is 0 Å². The number of aromatic amines is 1. The maximum absolute atomic E-state index is 13.4. The number of pyridine rings is 1. The van der Waals surface area contributed by atoms with Gasteiger partial charge in [-0.05, 0) is 25.5 Å². The van der Waals surface area contributed by atoms with Gasteiger partial charge in [-0.3, -0.25) is 9.78 Å². The van der Waals surface area contributed by atoms with Crippen molar-refractivity contribution < 1.29 is 4.39 Å². The lowest BCUT2D eigenvalue weighted by atomic mass is 10.2. The molecule has 0 saturated carbocycles. The third-order valence-electron chi connectivity index (χ3n) is 2.95. The Bertz CT molecular complexity index is 864. The highest BCUT2D eigenvalue weighted by Crippen LogP contribution is 2.19. The SMILES string of the molecule is C=C(/C(C)=C\C)n1c(=O)[nH]c(=O)c2cc(F)c(Cl)nc21. The van der Waals surface area contributed by atoms with Gasteiger partial charge in [-0.1, -0.05) is 24.3 Å². The molecule has 2 aromatic heterocycles. The zero-order valence-corrected chi connectivity index (χ0v) is 11.6. The molecule has 1 N–H and O–H groups in total. The molecule has 104 valence electrons. The van der Waals surface area contributed by atoms with Crippen LogP contribution in [0.5, 0.6) is 0 Å². The Hall–Kier alpha value is -2.21. The number of rotatable bonds is 2. The summed E-state index contributed by atoms with van der Waals surface area (Å²) in [5.74, 6) is -0.830. The molecule has 0 spiro atoms. The summed E-state index contributed by atoms with van der Waals surface area (Å²) in [6, 6.07) is 0.942. The molecule has 0 aliphatic rings. The van der Waals surface area contributed by atoms with Crippen LogP contribution in [0.3, 0.4) is 0 Å². The summed E-state index contributed by atoms with van der Waals surface area (Å²) >= 11 is 5.62. The van der Waals surface area contributed by atoms with Crippen LogP contribution in [0.25, 0.3) is 16.7 Å². The molecule has 5 nitrogen and oxygen atoms in total. The van der Waals surface area contributed by atoms with Crippen LogP contribution in [0.15, 0.2) is 33.9 Å². The summed E-state index contributed by atoms with van der Waals surface area (Å²) in [5, 5.41) is -0.487. The lowest BCUT2D eigenvalue weighted by Gasteiger charge is -2.12. The largest absolute Gasteiger partial charge is 0.334 e. The van der Waals surface area contributed by atoms with Crippen LogP contribution in [0, 0.1) is 5.82 Å². The smallest absolute Gasteiger partial charge is 0.273 e. The zero-order valence-electron chi connectivity index (χ0n) is 10.8. The zero-order chi connectivity index (χ0) is 15.0. The van der Waals surface area contributed by atoms with Crippen LogP contribution in [-0.2, 0) is 0 Å². The van der Waals surface area contributed by atoms with E-state index >= 15 is 0 Å². The molecular weight excluding hydrogens is 285 g/mol. The highest BCUT2D eigenvalue weighted by molar-refractivity contribution is 6.29. The van der Waals surface area contributed by atoms with Crippen LogP contribution >= 0.6 is 11.6 Å². The molecule has 0 bridgehead atoms. The van der Waals surface area contributed by atoms with E-state index in [4.69, 9.17) is 11.6 Å².